The average molecular weight is 344 g/mol. The van der Waals surface area contributed by atoms with Gasteiger partial charge in [0.15, 0.2) is 0 Å². The summed E-state index contributed by atoms with van der Waals surface area (Å²) in [7, 11) is 0. The molecule has 2 aliphatic rings. The Morgan fingerprint density at radius 1 is 1.16 bits per heavy atom. The first-order valence-electron chi connectivity index (χ1n) is 9.88. The number of ether oxygens (including phenoxy) is 1. The minimum Gasteiger partial charge on any atom is -0.376 e. The summed E-state index contributed by atoms with van der Waals surface area (Å²) < 4.78 is 5.98. The van der Waals surface area contributed by atoms with E-state index >= 15 is 0 Å². The maximum atomic E-state index is 12.3. The fraction of sp³-hybridized carbons (Fsp3) is 0.667. The zero-order valence-corrected chi connectivity index (χ0v) is 15.5. The molecule has 4 heteroatoms. The van der Waals surface area contributed by atoms with Gasteiger partial charge in [-0.1, -0.05) is 50.1 Å². The Morgan fingerprint density at radius 3 is 2.64 bits per heavy atom. The van der Waals surface area contributed by atoms with Crippen molar-refractivity contribution in [1.82, 2.24) is 10.2 Å². The van der Waals surface area contributed by atoms with E-state index in [9.17, 15) is 4.79 Å². The first-order valence-corrected chi connectivity index (χ1v) is 9.88. The third-order valence-electron chi connectivity index (χ3n) is 5.43. The second-order valence-corrected chi connectivity index (χ2v) is 7.64. The number of nitrogens with one attached hydrogen (secondary N) is 1. The molecule has 2 atom stereocenters. The molecule has 2 saturated carbocycles. The monoisotopic (exact) mass is 344 g/mol. The Balaban J connectivity index is 1.35. The van der Waals surface area contributed by atoms with Crippen LogP contribution in [0.15, 0.2) is 30.3 Å². The van der Waals surface area contributed by atoms with Gasteiger partial charge in [0.05, 0.1) is 19.3 Å². The summed E-state index contributed by atoms with van der Waals surface area (Å²) in [5.74, 6) is 0.767. The van der Waals surface area contributed by atoms with Crippen LogP contribution in [0.4, 0.5) is 0 Å². The summed E-state index contributed by atoms with van der Waals surface area (Å²) in [4.78, 5) is 14.6. The highest BCUT2D eigenvalue weighted by atomic mass is 16.5. The fourth-order valence-corrected chi connectivity index (χ4v) is 3.74. The summed E-state index contributed by atoms with van der Waals surface area (Å²) in [5, 5.41) is 3.03. The lowest BCUT2D eigenvalue weighted by atomic mass is 9.88. The maximum Gasteiger partial charge on any atom is 0.234 e. The second-order valence-electron chi connectivity index (χ2n) is 7.64. The highest BCUT2D eigenvalue weighted by Gasteiger charge is 2.30. The quantitative estimate of drug-likeness (QED) is 0.699. The van der Waals surface area contributed by atoms with Gasteiger partial charge in [-0.15, -0.1) is 0 Å². The maximum absolute atomic E-state index is 12.3. The molecule has 2 aliphatic carbocycles. The summed E-state index contributed by atoms with van der Waals surface area (Å²) in [6.45, 7) is 4.86. The molecule has 3 rings (SSSR count). The van der Waals surface area contributed by atoms with Crippen molar-refractivity contribution < 1.29 is 9.53 Å². The molecule has 0 aliphatic heterocycles. The molecule has 1 N–H and O–H groups in total. The lowest BCUT2D eigenvalue weighted by Gasteiger charge is -2.28. The van der Waals surface area contributed by atoms with E-state index in [1.54, 1.807) is 0 Å². The van der Waals surface area contributed by atoms with Gasteiger partial charge >= 0.3 is 0 Å². The molecule has 0 saturated heterocycles. The standard InChI is InChI=1S/C21H32N2O2/c1-17-7-5-6-10-20(17)25-14-13-22-21(24)16-23(19-11-12-19)15-18-8-3-2-4-9-18/h2-4,8-9,17,19-20H,5-7,10-16H2,1H3,(H,22,24). The lowest BCUT2D eigenvalue weighted by molar-refractivity contribution is -0.123. The van der Waals surface area contributed by atoms with Crippen molar-refractivity contribution in [3.8, 4) is 0 Å². The van der Waals surface area contributed by atoms with E-state index in [4.69, 9.17) is 4.74 Å². The van der Waals surface area contributed by atoms with Crippen LogP contribution in [0.25, 0.3) is 0 Å². The molecular formula is C21H32N2O2. The highest BCUT2D eigenvalue weighted by Crippen LogP contribution is 2.28. The van der Waals surface area contributed by atoms with Crippen molar-refractivity contribution in [3.05, 3.63) is 35.9 Å². The molecule has 0 bridgehead atoms. The van der Waals surface area contributed by atoms with E-state index in [-0.39, 0.29) is 5.91 Å². The molecule has 138 valence electrons. The van der Waals surface area contributed by atoms with Gasteiger partial charge in [0.1, 0.15) is 0 Å². The number of nitrogens with zero attached hydrogens (tertiary/aromatic N) is 1. The van der Waals surface area contributed by atoms with Crippen LogP contribution in [0, 0.1) is 5.92 Å². The third kappa shape index (κ3) is 6.12. The van der Waals surface area contributed by atoms with Crippen molar-refractivity contribution in [2.75, 3.05) is 19.7 Å². The van der Waals surface area contributed by atoms with Crippen LogP contribution < -0.4 is 5.32 Å². The summed E-state index contributed by atoms with van der Waals surface area (Å²) in [6, 6.07) is 11.0. The van der Waals surface area contributed by atoms with E-state index in [0.717, 1.165) is 6.54 Å². The molecule has 0 heterocycles. The van der Waals surface area contributed by atoms with Crippen molar-refractivity contribution in [2.24, 2.45) is 5.92 Å². The van der Waals surface area contributed by atoms with Gasteiger partial charge in [0.2, 0.25) is 5.91 Å². The van der Waals surface area contributed by atoms with Crippen LogP contribution >= 0.6 is 0 Å². The summed E-state index contributed by atoms with van der Waals surface area (Å²) >= 11 is 0. The average Bonchev–Trinajstić information content (AvgIpc) is 3.46. The van der Waals surface area contributed by atoms with E-state index in [0.29, 0.717) is 37.8 Å². The second kappa shape index (κ2) is 9.35. The van der Waals surface area contributed by atoms with Crippen molar-refractivity contribution in [3.63, 3.8) is 0 Å². The molecule has 2 fully saturated rings. The van der Waals surface area contributed by atoms with Crippen LogP contribution in [0.3, 0.4) is 0 Å². The number of hydrogen-bond acceptors (Lipinski definition) is 3. The number of benzene rings is 1. The molecule has 0 aromatic heterocycles. The van der Waals surface area contributed by atoms with Gasteiger partial charge in [-0.25, -0.2) is 0 Å². The Kier molecular flexibility index (Phi) is 6.88. The molecular weight excluding hydrogens is 312 g/mol. The number of hydrogen-bond donors (Lipinski definition) is 1. The Labute approximate surface area is 151 Å². The molecule has 25 heavy (non-hydrogen) atoms. The molecule has 1 aromatic rings. The predicted molar refractivity (Wildman–Crippen MR) is 100 cm³/mol. The molecule has 4 nitrogen and oxygen atoms in total. The SMILES string of the molecule is CC1CCCCC1OCCNC(=O)CN(Cc1ccccc1)C1CC1. The topological polar surface area (TPSA) is 41.6 Å². The smallest absolute Gasteiger partial charge is 0.234 e. The molecule has 1 amide bonds. The lowest BCUT2D eigenvalue weighted by Crippen LogP contribution is -2.39. The number of carbonyl (C=O) groups is 1. The largest absolute Gasteiger partial charge is 0.376 e. The molecule has 1 aromatic carbocycles. The van der Waals surface area contributed by atoms with E-state index < -0.39 is 0 Å². The predicted octanol–water partition coefficient (Wildman–Crippen LogP) is 3.36. The Bertz CT molecular complexity index is 530. The van der Waals surface area contributed by atoms with Crippen LogP contribution in [-0.2, 0) is 16.1 Å². The van der Waals surface area contributed by atoms with Gasteiger partial charge in [-0.05, 0) is 37.2 Å². The normalized spacial score (nSPS) is 23.6. The van der Waals surface area contributed by atoms with Crippen LogP contribution in [-0.4, -0.2) is 42.6 Å². The fourth-order valence-electron chi connectivity index (χ4n) is 3.74. The van der Waals surface area contributed by atoms with Crippen LogP contribution in [0.2, 0.25) is 0 Å². The van der Waals surface area contributed by atoms with Crippen molar-refractivity contribution in [2.45, 2.75) is 64.1 Å². The zero-order chi connectivity index (χ0) is 17.5. The van der Waals surface area contributed by atoms with Gasteiger partial charge in [-0.2, -0.15) is 0 Å². The Hall–Kier alpha value is -1.39. The summed E-state index contributed by atoms with van der Waals surface area (Å²) in [6.07, 6.45) is 7.85. The first kappa shape index (κ1) is 18.4. The van der Waals surface area contributed by atoms with Gasteiger partial charge in [0, 0.05) is 19.1 Å². The molecule has 0 radical (unpaired) electrons. The van der Waals surface area contributed by atoms with Crippen LogP contribution in [0.1, 0.15) is 51.0 Å². The molecule has 0 spiro atoms. The Morgan fingerprint density at radius 2 is 1.92 bits per heavy atom. The van der Waals surface area contributed by atoms with Crippen molar-refractivity contribution in [1.29, 1.82) is 0 Å². The van der Waals surface area contributed by atoms with Crippen LogP contribution in [0.5, 0.6) is 0 Å². The number of rotatable bonds is 9. The molecule has 2 unspecified atom stereocenters. The number of amides is 1. The first-order chi connectivity index (χ1) is 12.2. The van der Waals surface area contributed by atoms with Crippen molar-refractivity contribution >= 4 is 5.91 Å². The van der Waals surface area contributed by atoms with E-state index in [2.05, 4.69) is 41.4 Å². The summed E-state index contributed by atoms with van der Waals surface area (Å²) in [5.41, 5.74) is 1.27. The third-order valence-corrected chi connectivity index (χ3v) is 5.43. The van der Waals surface area contributed by atoms with Gasteiger partial charge < -0.3 is 10.1 Å². The van der Waals surface area contributed by atoms with E-state index in [1.807, 2.05) is 6.07 Å². The number of carbonyl (C=O) groups excluding carboxylic acids is 1. The highest BCUT2D eigenvalue weighted by molar-refractivity contribution is 5.78. The minimum absolute atomic E-state index is 0.114. The van der Waals surface area contributed by atoms with Gasteiger partial charge in [-0.3, -0.25) is 9.69 Å². The minimum atomic E-state index is 0.114. The van der Waals surface area contributed by atoms with Gasteiger partial charge in [0.25, 0.3) is 0 Å². The zero-order valence-electron chi connectivity index (χ0n) is 15.5. The van der Waals surface area contributed by atoms with E-state index in [1.165, 1.54) is 44.1 Å².